The van der Waals surface area contributed by atoms with Gasteiger partial charge in [0.05, 0.1) is 19.4 Å². The van der Waals surface area contributed by atoms with Crippen LogP contribution in [0.4, 0.5) is 0 Å². The van der Waals surface area contributed by atoms with Crippen molar-refractivity contribution in [1.29, 1.82) is 0 Å². The number of carbonyl (C=O) groups excluding carboxylic acids is 3. The topological polar surface area (TPSA) is 87.7 Å². The lowest BCUT2D eigenvalue weighted by Gasteiger charge is -2.31. The van der Waals surface area contributed by atoms with E-state index in [0.717, 1.165) is 34.3 Å². The largest absolute Gasteiger partial charge is 0.467 e. The zero-order valence-corrected chi connectivity index (χ0v) is 30.7. The van der Waals surface area contributed by atoms with Crippen LogP contribution in [-0.2, 0) is 31.4 Å². The molecule has 0 fully saturated rings. The molecule has 7 nitrogen and oxygen atoms in total. The number of benzene rings is 4. The molecule has 3 atom stereocenters. The first-order chi connectivity index (χ1) is 23.8. The van der Waals surface area contributed by atoms with Crippen LogP contribution in [0, 0.1) is 5.92 Å². The maximum atomic E-state index is 13.5. The van der Waals surface area contributed by atoms with Crippen LogP contribution in [0.15, 0.2) is 97.1 Å². The number of thioether (sulfide) groups is 2. The average Bonchev–Trinajstić information content (AvgIpc) is 3.13. The third-order valence-electron chi connectivity index (χ3n) is 8.77. The third-order valence-corrected chi connectivity index (χ3v) is 10.4. The maximum absolute atomic E-state index is 13.5. The Morgan fingerprint density at radius 2 is 1.53 bits per heavy atom. The second kappa shape index (κ2) is 20.0. The van der Waals surface area contributed by atoms with Gasteiger partial charge in [-0.25, -0.2) is 4.79 Å². The van der Waals surface area contributed by atoms with Gasteiger partial charge < -0.3 is 15.4 Å². The van der Waals surface area contributed by atoms with Gasteiger partial charge in [0, 0.05) is 24.9 Å². The molecule has 0 aliphatic carbocycles. The molecule has 9 heteroatoms. The number of ether oxygens (including phenoxy) is 1. The van der Waals surface area contributed by atoms with E-state index in [1.807, 2.05) is 42.7 Å². The minimum atomic E-state index is -0.707. The molecule has 0 heterocycles. The molecule has 0 spiro atoms. The van der Waals surface area contributed by atoms with Crippen molar-refractivity contribution in [3.63, 3.8) is 0 Å². The molecular formula is C40H49N3O4S2. The first-order valence-electron chi connectivity index (χ1n) is 16.9. The van der Waals surface area contributed by atoms with Crippen LogP contribution >= 0.6 is 23.5 Å². The minimum Gasteiger partial charge on any atom is -0.467 e. The molecule has 0 bridgehead atoms. The Labute approximate surface area is 300 Å². The molecule has 0 radical (unpaired) electrons. The van der Waals surface area contributed by atoms with Crippen LogP contribution in [0.25, 0.3) is 21.9 Å². The fraction of sp³-hybridized carbons (Fsp3) is 0.375. The molecule has 260 valence electrons. The van der Waals surface area contributed by atoms with E-state index in [1.165, 1.54) is 23.8 Å². The highest BCUT2D eigenvalue weighted by atomic mass is 32.2. The number of esters is 1. The summed E-state index contributed by atoms with van der Waals surface area (Å²) in [5.41, 5.74) is 4.63. The zero-order valence-electron chi connectivity index (χ0n) is 29.0. The predicted molar refractivity (Wildman–Crippen MR) is 206 cm³/mol. The highest BCUT2D eigenvalue weighted by molar-refractivity contribution is 7.99. The van der Waals surface area contributed by atoms with Crippen molar-refractivity contribution in [3.05, 3.63) is 108 Å². The fourth-order valence-corrected chi connectivity index (χ4v) is 7.06. The third kappa shape index (κ3) is 11.9. The van der Waals surface area contributed by atoms with E-state index >= 15 is 0 Å². The SMILES string of the molecule is CC[C@H](C)[C@@H](CN(CC(=O)N[C@@H](CCSC)C(=O)OC)Cc1cccc2ccccc12)NC(=O)CSCc1ccc(-c2ccccc2)cc1. The van der Waals surface area contributed by atoms with E-state index in [2.05, 4.69) is 90.0 Å². The number of hydrogen-bond acceptors (Lipinski definition) is 7. The van der Waals surface area contributed by atoms with Crippen LogP contribution in [-0.4, -0.2) is 72.7 Å². The summed E-state index contributed by atoms with van der Waals surface area (Å²) in [6, 6.07) is 32.3. The molecular weight excluding hydrogens is 651 g/mol. The van der Waals surface area contributed by atoms with Crippen LogP contribution < -0.4 is 10.6 Å². The normalized spacial score (nSPS) is 13.1. The van der Waals surface area contributed by atoms with Crippen LogP contribution in [0.2, 0.25) is 0 Å². The Morgan fingerprint density at radius 1 is 0.837 bits per heavy atom. The molecule has 4 aromatic rings. The highest BCUT2D eigenvalue weighted by Crippen LogP contribution is 2.23. The predicted octanol–water partition coefficient (Wildman–Crippen LogP) is 7.18. The summed E-state index contributed by atoms with van der Waals surface area (Å²) >= 11 is 3.21. The lowest BCUT2D eigenvalue weighted by Crippen LogP contribution is -2.51. The summed E-state index contributed by atoms with van der Waals surface area (Å²) in [5.74, 6) is 1.27. The Kier molecular flexibility index (Phi) is 15.5. The number of nitrogens with one attached hydrogen (secondary N) is 2. The van der Waals surface area contributed by atoms with Gasteiger partial charge in [0.25, 0.3) is 0 Å². The van der Waals surface area contributed by atoms with Gasteiger partial charge in [-0.15, -0.1) is 11.8 Å². The Balaban J connectivity index is 1.43. The molecule has 0 unspecified atom stereocenters. The Bertz CT molecular complexity index is 1630. The average molecular weight is 700 g/mol. The number of fused-ring (bicyclic) bond motifs is 1. The molecule has 0 aliphatic heterocycles. The minimum absolute atomic E-state index is 0.0198. The van der Waals surface area contributed by atoms with Gasteiger partial charge in [0.1, 0.15) is 6.04 Å². The first-order valence-corrected chi connectivity index (χ1v) is 19.4. The van der Waals surface area contributed by atoms with Gasteiger partial charge in [-0.2, -0.15) is 11.8 Å². The van der Waals surface area contributed by atoms with Gasteiger partial charge in [0.2, 0.25) is 11.8 Å². The van der Waals surface area contributed by atoms with Gasteiger partial charge >= 0.3 is 5.97 Å². The second-order valence-corrected chi connectivity index (χ2v) is 14.3. The van der Waals surface area contributed by atoms with Crippen molar-refractivity contribution >= 4 is 52.1 Å². The van der Waals surface area contributed by atoms with E-state index < -0.39 is 12.0 Å². The number of carbonyl (C=O) groups is 3. The van der Waals surface area contributed by atoms with E-state index in [-0.39, 0.29) is 30.3 Å². The molecule has 0 aliphatic rings. The van der Waals surface area contributed by atoms with Gasteiger partial charge in [-0.1, -0.05) is 117 Å². The first kappa shape index (κ1) is 38.0. The van der Waals surface area contributed by atoms with Crippen LogP contribution in [0.1, 0.15) is 37.8 Å². The lowest BCUT2D eigenvalue weighted by molar-refractivity contribution is -0.145. The van der Waals surface area contributed by atoms with Crippen molar-refractivity contribution in [2.45, 2.75) is 51.1 Å². The zero-order chi connectivity index (χ0) is 35.0. The summed E-state index contributed by atoms with van der Waals surface area (Å²) in [5, 5.41) is 8.46. The number of hydrogen-bond donors (Lipinski definition) is 2. The lowest BCUT2D eigenvalue weighted by atomic mass is 9.97. The number of methoxy groups -OCH3 is 1. The van der Waals surface area contributed by atoms with Crippen molar-refractivity contribution in [2.75, 3.05) is 38.0 Å². The number of amides is 2. The smallest absolute Gasteiger partial charge is 0.328 e. The monoisotopic (exact) mass is 699 g/mol. The van der Waals surface area contributed by atoms with E-state index in [1.54, 1.807) is 23.5 Å². The number of nitrogens with zero attached hydrogens (tertiary/aromatic N) is 1. The van der Waals surface area contributed by atoms with Crippen molar-refractivity contribution in [2.24, 2.45) is 5.92 Å². The van der Waals surface area contributed by atoms with E-state index in [9.17, 15) is 14.4 Å². The summed E-state index contributed by atoms with van der Waals surface area (Å²) < 4.78 is 4.97. The molecule has 4 rings (SSSR count). The summed E-state index contributed by atoms with van der Waals surface area (Å²) in [6.07, 6.45) is 3.33. The summed E-state index contributed by atoms with van der Waals surface area (Å²) in [4.78, 5) is 41.3. The molecule has 0 saturated carbocycles. The fourth-order valence-electron chi connectivity index (χ4n) is 5.79. The number of rotatable bonds is 19. The maximum Gasteiger partial charge on any atom is 0.328 e. The molecule has 0 saturated heterocycles. The summed E-state index contributed by atoms with van der Waals surface area (Å²) in [6.45, 7) is 5.33. The van der Waals surface area contributed by atoms with Gasteiger partial charge in [0.15, 0.2) is 0 Å². The van der Waals surface area contributed by atoms with Crippen molar-refractivity contribution in [3.8, 4) is 11.1 Å². The standard InChI is InChI=1S/C40H49N3O4S2/c1-5-29(2)37(42-39(45)28-49-27-30-18-20-32(21-19-30)31-12-7-6-8-13-31)25-43(24-34-16-11-15-33-14-9-10-17-35(33)34)26-38(44)41-36(22-23-48-4)40(46)47-3/h6-21,29,36-37H,5,22-28H2,1-4H3,(H,41,44)(H,42,45)/t29-,36-,37+/m0/s1. The summed E-state index contributed by atoms with van der Waals surface area (Å²) in [7, 11) is 1.34. The molecule has 4 aromatic carbocycles. The van der Waals surface area contributed by atoms with E-state index in [0.29, 0.717) is 25.3 Å². The van der Waals surface area contributed by atoms with Crippen molar-refractivity contribution < 1.29 is 19.1 Å². The van der Waals surface area contributed by atoms with E-state index in [4.69, 9.17) is 4.74 Å². The Morgan fingerprint density at radius 3 is 2.24 bits per heavy atom. The molecule has 2 amide bonds. The molecule has 0 aromatic heterocycles. The molecule has 2 N–H and O–H groups in total. The van der Waals surface area contributed by atoms with Crippen LogP contribution in [0.3, 0.4) is 0 Å². The second-order valence-electron chi connectivity index (χ2n) is 12.3. The quantitative estimate of drug-likeness (QED) is 0.100. The Hall–Kier alpha value is -3.79. The molecule has 49 heavy (non-hydrogen) atoms. The van der Waals surface area contributed by atoms with Gasteiger partial charge in [-0.3, -0.25) is 14.5 Å². The van der Waals surface area contributed by atoms with Crippen molar-refractivity contribution in [1.82, 2.24) is 15.5 Å². The highest BCUT2D eigenvalue weighted by Gasteiger charge is 2.26. The van der Waals surface area contributed by atoms with Crippen LogP contribution in [0.5, 0.6) is 0 Å². The van der Waals surface area contributed by atoms with Gasteiger partial charge in [-0.05, 0) is 57.4 Å².